The lowest BCUT2D eigenvalue weighted by Crippen LogP contribution is -2.09. The second kappa shape index (κ2) is 5.93. The Labute approximate surface area is 135 Å². The van der Waals surface area contributed by atoms with E-state index in [1.807, 2.05) is 12.1 Å². The molecule has 1 heterocycles. The van der Waals surface area contributed by atoms with E-state index in [-0.39, 0.29) is 5.56 Å². The van der Waals surface area contributed by atoms with Crippen LogP contribution in [0.15, 0.2) is 34.8 Å². The van der Waals surface area contributed by atoms with Gasteiger partial charge in [-0.3, -0.25) is 0 Å². The van der Waals surface area contributed by atoms with E-state index in [9.17, 15) is 8.78 Å². The number of hydrogen-bond acceptors (Lipinski definition) is 1. The predicted molar refractivity (Wildman–Crippen MR) is 82.0 cm³/mol. The lowest BCUT2D eigenvalue weighted by molar-refractivity contribution is 0.288. The van der Waals surface area contributed by atoms with Gasteiger partial charge in [-0.15, -0.1) is 11.6 Å². The zero-order valence-electron chi connectivity index (χ0n) is 11.0. The van der Waals surface area contributed by atoms with Gasteiger partial charge in [-0.05, 0) is 42.2 Å². The standard InChI is InChI=1S/C16H12BrClF2O/c17-11-7-12(19)15(13(20)8-11)16(18)10-3-4-14-9(6-10)2-1-5-21-14/h3-4,6-8,16H,1-2,5H2. The van der Waals surface area contributed by atoms with E-state index in [0.29, 0.717) is 16.6 Å². The molecule has 2 aromatic rings. The number of fused-ring (bicyclic) bond motifs is 1. The highest BCUT2D eigenvalue weighted by Gasteiger charge is 2.22. The van der Waals surface area contributed by atoms with Crippen LogP contribution in [0.1, 0.15) is 28.5 Å². The van der Waals surface area contributed by atoms with Crippen LogP contribution in [-0.2, 0) is 6.42 Å². The fourth-order valence-corrected chi connectivity index (χ4v) is 3.25. The van der Waals surface area contributed by atoms with Gasteiger partial charge in [-0.1, -0.05) is 28.1 Å². The average molecular weight is 374 g/mol. The zero-order valence-corrected chi connectivity index (χ0v) is 13.3. The summed E-state index contributed by atoms with van der Waals surface area (Å²) in [5.74, 6) is -0.489. The van der Waals surface area contributed by atoms with Crippen molar-refractivity contribution >= 4 is 27.5 Å². The molecule has 21 heavy (non-hydrogen) atoms. The number of rotatable bonds is 2. The highest BCUT2D eigenvalue weighted by Crippen LogP contribution is 2.36. The third-order valence-electron chi connectivity index (χ3n) is 3.52. The first kappa shape index (κ1) is 14.8. The molecule has 0 N–H and O–H groups in total. The number of benzene rings is 2. The largest absolute Gasteiger partial charge is 0.493 e. The molecule has 0 aliphatic carbocycles. The number of hydrogen-bond donors (Lipinski definition) is 0. The zero-order chi connectivity index (χ0) is 15.0. The Morgan fingerprint density at radius 1 is 1.14 bits per heavy atom. The minimum absolute atomic E-state index is 0.128. The van der Waals surface area contributed by atoms with E-state index in [4.69, 9.17) is 16.3 Å². The van der Waals surface area contributed by atoms with Gasteiger partial charge in [0.2, 0.25) is 0 Å². The van der Waals surface area contributed by atoms with Crippen LogP contribution in [0.4, 0.5) is 8.78 Å². The van der Waals surface area contributed by atoms with Gasteiger partial charge in [-0.25, -0.2) is 8.78 Å². The molecule has 1 unspecified atom stereocenters. The van der Waals surface area contributed by atoms with Crippen LogP contribution in [0.25, 0.3) is 0 Å². The second-order valence-corrected chi connectivity index (χ2v) is 6.32. The van der Waals surface area contributed by atoms with E-state index in [2.05, 4.69) is 15.9 Å². The van der Waals surface area contributed by atoms with Gasteiger partial charge in [0.1, 0.15) is 17.4 Å². The third kappa shape index (κ3) is 2.92. The highest BCUT2D eigenvalue weighted by molar-refractivity contribution is 9.10. The van der Waals surface area contributed by atoms with Crippen molar-refractivity contribution in [2.24, 2.45) is 0 Å². The first-order chi connectivity index (χ1) is 10.1. The molecule has 0 spiro atoms. The summed E-state index contributed by atoms with van der Waals surface area (Å²) >= 11 is 9.36. The van der Waals surface area contributed by atoms with Crippen molar-refractivity contribution in [2.45, 2.75) is 18.2 Å². The van der Waals surface area contributed by atoms with Gasteiger partial charge in [-0.2, -0.15) is 0 Å². The maximum atomic E-state index is 14.0. The monoisotopic (exact) mass is 372 g/mol. The molecule has 0 bridgehead atoms. The highest BCUT2D eigenvalue weighted by atomic mass is 79.9. The normalized spacial score (nSPS) is 15.2. The van der Waals surface area contributed by atoms with Gasteiger partial charge >= 0.3 is 0 Å². The van der Waals surface area contributed by atoms with Crippen molar-refractivity contribution in [3.8, 4) is 5.75 Å². The fourth-order valence-electron chi connectivity index (χ4n) is 2.50. The molecule has 0 fully saturated rings. The average Bonchev–Trinajstić information content (AvgIpc) is 2.45. The molecule has 1 aliphatic rings. The summed E-state index contributed by atoms with van der Waals surface area (Å²) in [5.41, 5.74) is 1.57. The molecular weight excluding hydrogens is 362 g/mol. The number of aryl methyl sites for hydroxylation is 1. The van der Waals surface area contributed by atoms with Crippen molar-refractivity contribution in [1.29, 1.82) is 0 Å². The Bertz CT molecular complexity index is 667. The summed E-state index contributed by atoms with van der Waals surface area (Å²) in [4.78, 5) is 0. The Hall–Kier alpha value is -1.13. The molecule has 110 valence electrons. The molecule has 0 amide bonds. The summed E-state index contributed by atoms with van der Waals surface area (Å²) < 4.78 is 33.9. The van der Waals surface area contributed by atoms with Crippen molar-refractivity contribution < 1.29 is 13.5 Å². The molecule has 3 rings (SSSR count). The van der Waals surface area contributed by atoms with Gasteiger partial charge in [0, 0.05) is 10.0 Å². The summed E-state index contributed by atoms with van der Waals surface area (Å²) in [5, 5.41) is -0.870. The lowest BCUT2D eigenvalue weighted by Gasteiger charge is -2.20. The first-order valence-electron chi connectivity index (χ1n) is 6.60. The summed E-state index contributed by atoms with van der Waals surface area (Å²) in [6.45, 7) is 0.701. The van der Waals surface area contributed by atoms with Crippen LogP contribution >= 0.6 is 27.5 Å². The minimum Gasteiger partial charge on any atom is -0.493 e. The molecule has 5 heteroatoms. The van der Waals surface area contributed by atoms with Crippen LogP contribution < -0.4 is 4.74 Å². The molecule has 1 nitrogen and oxygen atoms in total. The van der Waals surface area contributed by atoms with E-state index in [1.165, 1.54) is 12.1 Å². The Kier molecular flexibility index (Phi) is 4.18. The van der Waals surface area contributed by atoms with E-state index < -0.39 is 17.0 Å². The van der Waals surface area contributed by atoms with Crippen LogP contribution in [-0.4, -0.2) is 6.61 Å². The summed E-state index contributed by atoms with van der Waals surface area (Å²) in [6, 6.07) is 7.87. The molecule has 0 saturated carbocycles. The smallest absolute Gasteiger partial charge is 0.132 e. The van der Waals surface area contributed by atoms with Gasteiger partial charge in [0.15, 0.2) is 0 Å². The molecular formula is C16H12BrClF2O. The number of ether oxygens (including phenoxy) is 1. The Morgan fingerprint density at radius 3 is 2.57 bits per heavy atom. The number of halogens is 4. The van der Waals surface area contributed by atoms with Crippen LogP contribution in [0.2, 0.25) is 0 Å². The van der Waals surface area contributed by atoms with Crippen LogP contribution in [0.5, 0.6) is 5.75 Å². The van der Waals surface area contributed by atoms with E-state index in [1.54, 1.807) is 6.07 Å². The van der Waals surface area contributed by atoms with E-state index >= 15 is 0 Å². The predicted octanol–water partition coefficient (Wildman–Crippen LogP) is 5.38. The lowest BCUT2D eigenvalue weighted by atomic mass is 9.98. The van der Waals surface area contributed by atoms with Crippen LogP contribution in [0.3, 0.4) is 0 Å². The topological polar surface area (TPSA) is 9.23 Å². The number of alkyl halides is 1. The van der Waals surface area contributed by atoms with Gasteiger partial charge in [0.05, 0.1) is 12.0 Å². The van der Waals surface area contributed by atoms with Crippen molar-refractivity contribution in [2.75, 3.05) is 6.61 Å². The minimum atomic E-state index is -0.870. The maximum absolute atomic E-state index is 14.0. The summed E-state index contributed by atoms with van der Waals surface area (Å²) in [6.07, 6.45) is 1.82. The van der Waals surface area contributed by atoms with E-state index in [0.717, 1.165) is 24.2 Å². The molecule has 0 aromatic heterocycles. The first-order valence-corrected chi connectivity index (χ1v) is 7.83. The molecule has 2 aromatic carbocycles. The van der Waals surface area contributed by atoms with Crippen molar-refractivity contribution in [3.05, 3.63) is 63.1 Å². The van der Waals surface area contributed by atoms with Crippen molar-refractivity contribution in [3.63, 3.8) is 0 Å². The van der Waals surface area contributed by atoms with Gasteiger partial charge in [0.25, 0.3) is 0 Å². The van der Waals surface area contributed by atoms with Gasteiger partial charge < -0.3 is 4.74 Å². The Balaban J connectivity index is 2.01. The molecule has 0 radical (unpaired) electrons. The SMILES string of the molecule is Fc1cc(Br)cc(F)c1C(Cl)c1ccc2c(c1)CCCO2. The van der Waals surface area contributed by atoms with Crippen molar-refractivity contribution in [1.82, 2.24) is 0 Å². The third-order valence-corrected chi connectivity index (χ3v) is 4.45. The summed E-state index contributed by atoms with van der Waals surface area (Å²) in [7, 11) is 0. The molecule has 0 saturated heterocycles. The second-order valence-electron chi connectivity index (χ2n) is 4.96. The molecule has 1 atom stereocenters. The van der Waals surface area contributed by atoms with Crippen LogP contribution in [0, 0.1) is 11.6 Å². The quantitative estimate of drug-likeness (QED) is 0.642. The maximum Gasteiger partial charge on any atom is 0.132 e. The Morgan fingerprint density at radius 2 is 1.86 bits per heavy atom. The fraction of sp³-hybridized carbons (Fsp3) is 0.250. The molecule has 1 aliphatic heterocycles.